The summed E-state index contributed by atoms with van der Waals surface area (Å²) in [6.45, 7) is -0.293. The van der Waals surface area contributed by atoms with Crippen LogP contribution in [0.1, 0.15) is 35.7 Å². The molecule has 0 aliphatic heterocycles. The highest BCUT2D eigenvalue weighted by Gasteiger charge is 2.33. The van der Waals surface area contributed by atoms with Gasteiger partial charge in [-0.25, -0.2) is 8.42 Å². The lowest BCUT2D eigenvalue weighted by atomic mass is 9.93. The SMILES string of the molecule is O=C(O)Cn1ncc2c1CCC[C@H]2NCS(=O)(=O)c1cc(Br)cc(C(F)(F)F)c1. The summed E-state index contributed by atoms with van der Waals surface area (Å²) in [6, 6.07) is 2.17. The van der Waals surface area contributed by atoms with Crippen molar-refractivity contribution in [2.75, 3.05) is 5.88 Å². The predicted octanol–water partition coefficient (Wildman–Crippen LogP) is 3.15. The van der Waals surface area contributed by atoms with Crippen molar-refractivity contribution in [2.24, 2.45) is 0 Å². The van der Waals surface area contributed by atoms with Gasteiger partial charge in [-0.05, 0) is 37.5 Å². The molecule has 1 atom stereocenters. The summed E-state index contributed by atoms with van der Waals surface area (Å²) in [5, 5.41) is 15.9. The van der Waals surface area contributed by atoms with Gasteiger partial charge in [-0.2, -0.15) is 18.3 Å². The molecule has 2 aromatic rings. The van der Waals surface area contributed by atoms with E-state index < -0.39 is 38.3 Å². The van der Waals surface area contributed by atoms with Crippen LogP contribution in [0.2, 0.25) is 0 Å². The number of aromatic nitrogens is 2. The number of carboxylic acid groups (broad SMARTS) is 1. The summed E-state index contributed by atoms with van der Waals surface area (Å²) in [4.78, 5) is 10.5. The zero-order valence-corrected chi connectivity index (χ0v) is 17.3. The second kappa shape index (κ2) is 8.07. The summed E-state index contributed by atoms with van der Waals surface area (Å²) in [5.41, 5.74) is 0.369. The van der Waals surface area contributed by atoms with Gasteiger partial charge < -0.3 is 5.11 Å². The Morgan fingerprint density at radius 2 is 2.07 bits per heavy atom. The van der Waals surface area contributed by atoms with Gasteiger partial charge in [0.25, 0.3) is 0 Å². The summed E-state index contributed by atoms with van der Waals surface area (Å²) < 4.78 is 65.6. The van der Waals surface area contributed by atoms with E-state index in [0.29, 0.717) is 30.9 Å². The number of aliphatic carboxylic acids is 1. The number of rotatable bonds is 6. The number of alkyl halides is 3. The van der Waals surface area contributed by atoms with Gasteiger partial charge in [0.15, 0.2) is 9.84 Å². The van der Waals surface area contributed by atoms with Gasteiger partial charge in [-0.15, -0.1) is 0 Å². The van der Waals surface area contributed by atoms with Gasteiger partial charge in [0, 0.05) is 21.8 Å². The smallest absolute Gasteiger partial charge is 0.416 e. The number of sulfone groups is 1. The number of halogens is 4. The maximum Gasteiger partial charge on any atom is 0.416 e. The first-order valence-electron chi connectivity index (χ1n) is 8.57. The number of fused-ring (bicyclic) bond motifs is 1. The molecule has 0 bridgehead atoms. The van der Waals surface area contributed by atoms with Gasteiger partial charge in [0.05, 0.1) is 16.7 Å². The molecule has 0 saturated carbocycles. The molecule has 1 aromatic heterocycles. The molecule has 0 fully saturated rings. The van der Waals surface area contributed by atoms with Crippen LogP contribution in [0.3, 0.4) is 0 Å². The van der Waals surface area contributed by atoms with E-state index in [4.69, 9.17) is 5.11 Å². The Kier molecular flexibility index (Phi) is 6.06. The third kappa shape index (κ3) is 4.98. The minimum absolute atomic E-state index is 0.0146. The lowest BCUT2D eigenvalue weighted by Gasteiger charge is -2.24. The summed E-state index contributed by atoms with van der Waals surface area (Å²) in [7, 11) is -4.04. The standard InChI is InChI=1S/C17H17BrF3N3O4S/c18-11-4-10(17(19,20)21)5-12(6-11)29(27,28)9-22-14-2-1-3-15-13(14)7-23-24(15)8-16(25)26/h4-7,14,22H,1-3,8-9H2,(H,25,26)/t14-/m1/s1. The van der Waals surface area contributed by atoms with Gasteiger partial charge >= 0.3 is 12.1 Å². The van der Waals surface area contributed by atoms with Crippen LogP contribution in [-0.2, 0) is 33.8 Å². The topological polar surface area (TPSA) is 101 Å². The third-order valence-electron chi connectivity index (χ3n) is 4.63. The first-order valence-corrected chi connectivity index (χ1v) is 11.0. The molecule has 1 heterocycles. The van der Waals surface area contributed by atoms with Crippen molar-refractivity contribution in [1.29, 1.82) is 0 Å². The van der Waals surface area contributed by atoms with Gasteiger partial charge in [-0.1, -0.05) is 15.9 Å². The Balaban J connectivity index is 1.80. The largest absolute Gasteiger partial charge is 0.480 e. The molecule has 1 aliphatic carbocycles. The van der Waals surface area contributed by atoms with Crippen molar-refractivity contribution in [3.05, 3.63) is 45.7 Å². The summed E-state index contributed by atoms with van der Waals surface area (Å²) in [6.07, 6.45) is -1.24. The van der Waals surface area contributed by atoms with E-state index in [1.165, 1.54) is 10.9 Å². The first-order chi connectivity index (χ1) is 13.5. The van der Waals surface area contributed by atoms with Crippen LogP contribution in [-0.4, -0.2) is 35.2 Å². The molecule has 0 amide bonds. The fourth-order valence-corrected chi connectivity index (χ4v) is 5.14. The number of benzene rings is 1. The molecule has 12 heteroatoms. The van der Waals surface area contributed by atoms with Crippen LogP contribution >= 0.6 is 15.9 Å². The zero-order chi connectivity index (χ0) is 21.4. The Labute approximate surface area is 173 Å². The Bertz CT molecular complexity index is 1040. The maximum absolute atomic E-state index is 13.0. The Morgan fingerprint density at radius 1 is 1.34 bits per heavy atom. The normalized spacial score (nSPS) is 17.2. The Morgan fingerprint density at radius 3 is 2.72 bits per heavy atom. The molecule has 3 rings (SSSR count). The van der Waals surface area contributed by atoms with E-state index in [2.05, 4.69) is 26.3 Å². The van der Waals surface area contributed by atoms with E-state index in [1.54, 1.807) is 0 Å². The van der Waals surface area contributed by atoms with Gasteiger partial charge in [0.2, 0.25) is 0 Å². The van der Waals surface area contributed by atoms with Crippen LogP contribution in [0, 0.1) is 0 Å². The van der Waals surface area contributed by atoms with E-state index in [9.17, 15) is 26.4 Å². The molecule has 1 aromatic carbocycles. The first kappa shape index (κ1) is 21.8. The average molecular weight is 496 g/mol. The fourth-order valence-electron chi connectivity index (χ4n) is 3.29. The van der Waals surface area contributed by atoms with Crippen molar-refractivity contribution in [3.63, 3.8) is 0 Å². The molecule has 0 spiro atoms. The second-order valence-electron chi connectivity index (χ2n) is 6.68. The van der Waals surface area contributed by atoms with E-state index in [-0.39, 0.29) is 17.1 Å². The monoisotopic (exact) mass is 495 g/mol. The molecule has 158 valence electrons. The molecule has 7 nitrogen and oxygen atoms in total. The van der Waals surface area contributed by atoms with Crippen LogP contribution in [0.5, 0.6) is 0 Å². The maximum atomic E-state index is 13.0. The van der Waals surface area contributed by atoms with E-state index in [1.807, 2.05) is 0 Å². The molecular formula is C17H17BrF3N3O4S. The van der Waals surface area contributed by atoms with Gasteiger partial charge in [0.1, 0.15) is 12.4 Å². The van der Waals surface area contributed by atoms with Crippen molar-refractivity contribution in [3.8, 4) is 0 Å². The quantitative estimate of drug-likeness (QED) is 0.638. The number of nitrogens with one attached hydrogen (secondary N) is 1. The average Bonchev–Trinajstić information content (AvgIpc) is 3.01. The minimum Gasteiger partial charge on any atom is -0.480 e. The van der Waals surface area contributed by atoms with E-state index in [0.717, 1.165) is 17.8 Å². The van der Waals surface area contributed by atoms with Crippen molar-refractivity contribution in [1.82, 2.24) is 15.1 Å². The lowest BCUT2D eigenvalue weighted by molar-refractivity contribution is -0.138. The number of hydrogen-bond donors (Lipinski definition) is 2. The lowest BCUT2D eigenvalue weighted by Crippen LogP contribution is -2.30. The third-order valence-corrected chi connectivity index (χ3v) is 6.58. The van der Waals surface area contributed by atoms with Crippen molar-refractivity contribution < 1.29 is 31.5 Å². The van der Waals surface area contributed by atoms with E-state index >= 15 is 0 Å². The number of hydrogen-bond acceptors (Lipinski definition) is 5. The predicted molar refractivity (Wildman–Crippen MR) is 99.9 cm³/mol. The summed E-state index contributed by atoms with van der Waals surface area (Å²) >= 11 is 2.93. The van der Waals surface area contributed by atoms with Crippen LogP contribution in [0.25, 0.3) is 0 Å². The molecule has 29 heavy (non-hydrogen) atoms. The minimum atomic E-state index is -4.67. The fraction of sp³-hybridized carbons (Fsp3) is 0.412. The van der Waals surface area contributed by atoms with Crippen LogP contribution < -0.4 is 5.32 Å². The van der Waals surface area contributed by atoms with Crippen molar-refractivity contribution >= 4 is 31.7 Å². The highest BCUT2D eigenvalue weighted by atomic mass is 79.9. The number of carbonyl (C=O) groups is 1. The molecule has 0 unspecified atom stereocenters. The van der Waals surface area contributed by atoms with Crippen molar-refractivity contribution in [2.45, 2.75) is 42.9 Å². The number of nitrogens with zero attached hydrogens (tertiary/aromatic N) is 2. The molecule has 0 radical (unpaired) electrons. The van der Waals surface area contributed by atoms with Gasteiger partial charge in [-0.3, -0.25) is 14.8 Å². The molecular weight excluding hydrogens is 479 g/mol. The summed E-state index contributed by atoms with van der Waals surface area (Å²) in [5.74, 6) is -1.60. The highest BCUT2D eigenvalue weighted by Crippen LogP contribution is 2.34. The second-order valence-corrected chi connectivity index (χ2v) is 9.58. The molecule has 1 aliphatic rings. The molecule has 2 N–H and O–H groups in total. The zero-order valence-electron chi connectivity index (χ0n) is 14.9. The van der Waals surface area contributed by atoms with Crippen LogP contribution in [0.15, 0.2) is 33.8 Å². The highest BCUT2D eigenvalue weighted by molar-refractivity contribution is 9.10. The number of carboxylic acids is 1. The Hall–Kier alpha value is -1.92. The molecule has 0 saturated heterocycles. The van der Waals surface area contributed by atoms with Crippen LogP contribution in [0.4, 0.5) is 13.2 Å².